The Labute approximate surface area is 205 Å². The Bertz CT molecular complexity index is 1120. The molecule has 0 bridgehead atoms. The number of carbonyl (C=O) groups excluding carboxylic acids is 2. The summed E-state index contributed by atoms with van der Waals surface area (Å²) in [5, 5.41) is 6.70. The van der Waals surface area contributed by atoms with E-state index in [9.17, 15) is 9.59 Å². The van der Waals surface area contributed by atoms with Crippen LogP contribution < -0.4 is 10.6 Å². The van der Waals surface area contributed by atoms with Crippen LogP contribution in [-0.2, 0) is 22.4 Å². The van der Waals surface area contributed by atoms with Crippen molar-refractivity contribution in [1.29, 1.82) is 0 Å². The van der Waals surface area contributed by atoms with Gasteiger partial charge in [0.2, 0.25) is 5.91 Å². The molecule has 7 heteroatoms. The smallest absolute Gasteiger partial charge is 0.408 e. The number of alkyl halides is 1. The fraction of sp³-hybridized carbons (Fsp3) is 0.407. The van der Waals surface area contributed by atoms with Crippen molar-refractivity contribution in [3.63, 3.8) is 0 Å². The number of halogens is 1. The van der Waals surface area contributed by atoms with Gasteiger partial charge in [-0.25, -0.2) is 4.79 Å². The van der Waals surface area contributed by atoms with Gasteiger partial charge in [0.05, 0.1) is 5.38 Å². The van der Waals surface area contributed by atoms with E-state index >= 15 is 0 Å². The van der Waals surface area contributed by atoms with Crippen molar-refractivity contribution < 1.29 is 14.3 Å². The Balaban J connectivity index is 1.48. The number of benzene rings is 2. The predicted molar refractivity (Wildman–Crippen MR) is 135 cm³/mol. The van der Waals surface area contributed by atoms with Crippen LogP contribution >= 0.6 is 11.6 Å². The van der Waals surface area contributed by atoms with Crippen LogP contribution in [0.5, 0.6) is 0 Å². The lowest BCUT2D eigenvalue weighted by molar-refractivity contribution is -0.127. The van der Waals surface area contributed by atoms with Crippen LogP contribution in [0.1, 0.15) is 43.7 Å². The maximum absolute atomic E-state index is 13.4. The van der Waals surface area contributed by atoms with Crippen molar-refractivity contribution >= 4 is 34.5 Å². The number of aromatic nitrogens is 1. The molecule has 3 N–H and O–H groups in total. The van der Waals surface area contributed by atoms with Gasteiger partial charge in [0, 0.05) is 30.1 Å². The summed E-state index contributed by atoms with van der Waals surface area (Å²) in [5.41, 5.74) is 1.87. The zero-order chi connectivity index (χ0) is 24.0. The molecule has 0 saturated heterocycles. The number of hydrogen-bond acceptors (Lipinski definition) is 3. The first-order valence-electron chi connectivity index (χ1n) is 11.9. The summed E-state index contributed by atoms with van der Waals surface area (Å²) in [6, 6.07) is 17.9. The van der Waals surface area contributed by atoms with E-state index in [-0.39, 0.29) is 17.4 Å². The van der Waals surface area contributed by atoms with Gasteiger partial charge in [-0.3, -0.25) is 4.79 Å². The summed E-state index contributed by atoms with van der Waals surface area (Å²) in [6.07, 6.45) is 5.55. The van der Waals surface area contributed by atoms with Crippen LogP contribution in [0.25, 0.3) is 10.9 Å². The highest BCUT2D eigenvalue weighted by Gasteiger charge is 2.37. The standard InChI is InChI=1S/C27H32ClN3O3/c1-27(17-20-18-30-23-13-7-5-11-21(20)23,25(32)29-16-15-19-9-3-2-4-10-19)31-26(33)34-24-14-8-6-12-22(24)28/h2-5,7,9-11,13,18,22,24,30H,6,8,12,14-17H2,1H3,(H,29,32)(H,31,33)/t22-,24-,27?/m0/s1. The van der Waals surface area contributed by atoms with Gasteiger partial charge in [-0.1, -0.05) is 55.0 Å². The third kappa shape index (κ3) is 5.92. The lowest BCUT2D eigenvalue weighted by Crippen LogP contribution is -2.59. The molecule has 2 aromatic carbocycles. The number of alkyl carbamates (subject to hydrolysis) is 1. The summed E-state index contributed by atoms with van der Waals surface area (Å²) in [5.74, 6) is -0.253. The van der Waals surface area contributed by atoms with Crippen molar-refractivity contribution in [1.82, 2.24) is 15.6 Å². The zero-order valence-electron chi connectivity index (χ0n) is 19.5. The van der Waals surface area contributed by atoms with Crippen LogP contribution in [0.2, 0.25) is 0 Å². The van der Waals surface area contributed by atoms with Crippen LogP contribution in [-0.4, -0.2) is 40.5 Å². The van der Waals surface area contributed by atoms with Crippen molar-refractivity contribution in [2.45, 2.75) is 62.5 Å². The van der Waals surface area contributed by atoms with Gasteiger partial charge in [0.15, 0.2) is 0 Å². The quantitative estimate of drug-likeness (QED) is 0.391. The number of hydrogen-bond donors (Lipinski definition) is 3. The second-order valence-corrected chi connectivity index (χ2v) is 9.79. The number of rotatable bonds is 8. The number of amides is 2. The maximum atomic E-state index is 13.4. The molecule has 34 heavy (non-hydrogen) atoms. The van der Waals surface area contributed by atoms with Gasteiger partial charge in [-0.2, -0.15) is 0 Å². The summed E-state index contributed by atoms with van der Waals surface area (Å²) >= 11 is 6.38. The molecule has 0 aliphatic heterocycles. The van der Waals surface area contributed by atoms with E-state index < -0.39 is 11.6 Å². The first-order valence-corrected chi connectivity index (χ1v) is 12.4. The first kappa shape index (κ1) is 24.1. The molecule has 0 spiro atoms. The predicted octanol–water partition coefficient (Wildman–Crippen LogP) is 5.10. The van der Waals surface area contributed by atoms with Gasteiger partial charge in [-0.15, -0.1) is 11.6 Å². The molecule has 1 heterocycles. The Kier molecular flexibility index (Phi) is 7.78. The number of H-pyrrole nitrogens is 1. The molecule has 0 radical (unpaired) electrons. The fourth-order valence-corrected chi connectivity index (χ4v) is 4.91. The van der Waals surface area contributed by atoms with E-state index in [1.165, 1.54) is 0 Å². The second-order valence-electron chi connectivity index (χ2n) is 9.23. The molecular weight excluding hydrogens is 450 g/mol. The van der Waals surface area contributed by atoms with E-state index in [0.29, 0.717) is 19.4 Å². The van der Waals surface area contributed by atoms with E-state index in [2.05, 4.69) is 15.6 Å². The molecule has 1 saturated carbocycles. The largest absolute Gasteiger partial charge is 0.445 e. The van der Waals surface area contributed by atoms with Gasteiger partial charge in [0.25, 0.3) is 0 Å². The van der Waals surface area contributed by atoms with E-state index in [4.69, 9.17) is 16.3 Å². The molecule has 1 aliphatic rings. The number of carbonyl (C=O) groups is 2. The Morgan fingerprint density at radius 3 is 2.62 bits per heavy atom. The minimum absolute atomic E-state index is 0.195. The zero-order valence-corrected chi connectivity index (χ0v) is 20.2. The van der Waals surface area contributed by atoms with Crippen molar-refractivity contribution in [2.75, 3.05) is 6.54 Å². The van der Waals surface area contributed by atoms with Gasteiger partial charge in [-0.05, 0) is 49.8 Å². The summed E-state index contributed by atoms with van der Waals surface area (Å²) in [4.78, 5) is 29.5. The van der Waals surface area contributed by atoms with Crippen molar-refractivity contribution in [3.8, 4) is 0 Å². The number of para-hydroxylation sites is 1. The highest BCUT2D eigenvalue weighted by Crippen LogP contribution is 2.27. The van der Waals surface area contributed by atoms with Crippen LogP contribution in [0, 0.1) is 0 Å². The van der Waals surface area contributed by atoms with E-state index in [1.807, 2.05) is 60.8 Å². The van der Waals surface area contributed by atoms with Gasteiger partial charge in [0.1, 0.15) is 11.6 Å². The Morgan fingerprint density at radius 1 is 1.09 bits per heavy atom. The monoisotopic (exact) mass is 481 g/mol. The molecule has 3 aromatic rings. The number of ether oxygens (including phenoxy) is 1. The van der Waals surface area contributed by atoms with E-state index in [0.717, 1.165) is 47.7 Å². The van der Waals surface area contributed by atoms with Crippen molar-refractivity contribution in [3.05, 3.63) is 71.9 Å². The highest BCUT2D eigenvalue weighted by atomic mass is 35.5. The minimum Gasteiger partial charge on any atom is -0.445 e. The molecule has 1 aromatic heterocycles. The SMILES string of the molecule is CC(Cc1c[nH]c2ccccc12)(NC(=O)O[C@H]1CCCC[C@@H]1Cl)C(=O)NCCc1ccccc1. The molecule has 1 unspecified atom stereocenters. The number of aromatic amines is 1. The Hall–Kier alpha value is -2.99. The normalized spacial score (nSPS) is 19.8. The topological polar surface area (TPSA) is 83.2 Å². The highest BCUT2D eigenvalue weighted by molar-refractivity contribution is 6.21. The summed E-state index contributed by atoms with van der Waals surface area (Å²) in [6.45, 7) is 2.21. The second kappa shape index (κ2) is 11.0. The molecule has 4 rings (SSSR count). The van der Waals surface area contributed by atoms with Crippen molar-refractivity contribution in [2.24, 2.45) is 0 Å². The molecule has 1 fully saturated rings. The average Bonchev–Trinajstić information content (AvgIpc) is 3.23. The maximum Gasteiger partial charge on any atom is 0.408 e. The first-order chi connectivity index (χ1) is 16.4. The third-order valence-electron chi connectivity index (χ3n) is 6.52. The molecule has 3 atom stereocenters. The third-order valence-corrected chi connectivity index (χ3v) is 7.02. The fourth-order valence-electron chi connectivity index (χ4n) is 4.58. The molecule has 180 valence electrons. The van der Waals surface area contributed by atoms with E-state index in [1.54, 1.807) is 6.92 Å². The van der Waals surface area contributed by atoms with Gasteiger partial charge < -0.3 is 20.4 Å². The van der Waals surface area contributed by atoms with Crippen LogP contribution in [0.3, 0.4) is 0 Å². The number of nitrogens with one attached hydrogen (secondary N) is 3. The minimum atomic E-state index is -1.20. The summed E-state index contributed by atoms with van der Waals surface area (Å²) < 4.78 is 5.66. The average molecular weight is 482 g/mol. The summed E-state index contributed by atoms with van der Waals surface area (Å²) in [7, 11) is 0. The molecule has 1 aliphatic carbocycles. The molecule has 2 amide bonds. The number of fused-ring (bicyclic) bond motifs is 1. The molecular formula is C27H32ClN3O3. The molecule has 6 nitrogen and oxygen atoms in total. The van der Waals surface area contributed by atoms with Crippen LogP contribution in [0.15, 0.2) is 60.8 Å². The van der Waals surface area contributed by atoms with Gasteiger partial charge >= 0.3 is 6.09 Å². The lowest BCUT2D eigenvalue weighted by Gasteiger charge is -2.32. The van der Waals surface area contributed by atoms with Crippen LogP contribution in [0.4, 0.5) is 4.79 Å². The lowest BCUT2D eigenvalue weighted by atomic mass is 9.91. The Morgan fingerprint density at radius 2 is 1.82 bits per heavy atom.